The van der Waals surface area contributed by atoms with Gasteiger partial charge in [-0.3, -0.25) is 4.79 Å². The lowest BCUT2D eigenvalue weighted by Crippen LogP contribution is -2.42. The highest BCUT2D eigenvalue weighted by atomic mass is 79.9. The second kappa shape index (κ2) is 8.17. The van der Waals surface area contributed by atoms with Gasteiger partial charge >= 0.3 is 0 Å². The minimum absolute atomic E-state index is 0.0365. The number of ether oxygens (including phenoxy) is 1. The number of carbonyl (C=O) groups is 1. The molecule has 5 heteroatoms. The molecule has 0 radical (unpaired) electrons. The summed E-state index contributed by atoms with van der Waals surface area (Å²) in [5.74, 6) is 0.840. The molecular weight excluding hydrogens is 308 g/mol. The number of rotatable bonds is 7. The van der Waals surface area contributed by atoms with E-state index in [2.05, 4.69) is 26.6 Å². The summed E-state index contributed by atoms with van der Waals surface area (Å²) in [5.41, 5.74) is 1.10. The van der Waals surface area contributed by atoms with E-state index in [4.69, 9.17) is 4.74 Å². The van der Waals surface area contributed by atoms with Crippen LogP contribution in [0.3, 0.4) is 0 Å². The Balaban J connectivity index is 2.48. The van der Waals surface area contributed by atoms with E-state index in [-0.39, 0.29) is 11.9 Å². The topological polar surface area (TPSA) is 50.4 Å². The van der Waals surface area contributed by atoms with Crippen molar-refractivity contribution in [2.24, 2.45) is 0 Å². The summed E-state index contributed by atoms with van der Waals surface area (Å²) in [5, 5.41) is 6.07. The van der Waals surface area contributed by atoms with E-state index in [9.17, 15) is 4.79 Å². The van der Waals surface area contributed by atoms with E-state index in [1.54, 1.807) is 7.11 Å². The normalized spacial score (nSPS) is 12.0. The molecule has 2 N–H and O–H groups in total. The monoisotopic (exact) mass is 328 g/mol. The highest BCUT2D eigenvalue weighted by Gasteiger charge is 2.11. The third kappa shape index (κ3) is 5.20. The molecule has 1 atom stereocenters. The maximum Gasteiger partial charge on any atom is 0.236 e. The van der Waals surface area contributed by atoms with Gasteiger partial charge in [0, 0.05) is 13.1 Å². The maximum atomic E-state index is 11.7. The van der Waals surface area contributed by atoms with Crippen LogP contribution in [0.25, 0.3) is 0 Å². The van der Waals surface area contributed by atoms with Crippen LogP contribution in [0, 0.1) is 0 Å². The van der Waals surface area contributed by atoms with Crippen molar-refractivity contribution < 1.29 is 9.53 Å². The molecule has 0 aliphatic rings. The molecule has 0 aliphatic heterocycles. The quantitative estimate of drug-likeness (QED) is 0.808. The van der Waals surface area contributed by atoms with Crippen LogP contribution in [-0.4, -0.2) is 25.6 Å². The molecular formula is C14H21BrN2O2. The van der Waals surface area contributed by atoms with Crippen LogP contribution in [0.5, 0.6) is 5.75 Å². The lowest BCUT2D eigenvalue weighted by molar-refractivity contribution is -0.122. The number of methoxy groups -OCH3 is 1. The molecule has 0 fully saturated rings. The molecule has 0 aliphatic carbocycles. The van der Waals surface area contributed by atoms with Gasteiger partial charge < -0.3 is 15.4 Å². The standard InChI is InChI=1S/C14H21BrN2O2/c1-4-7-16-14(18)10(2)17-9-11-5-6-13(19-3)12(15)8-11/h5-6,8,10,17H,4,7,9H2,1-3H3,(H,16,18). The van der Waals surface area contributed by atoms with Gasteiger partial charge in [0.15, 0.2) is 0 Å². The molecule has 19 heavy (non-hydrogen) atoms. The Hall–Kier alpha value is -1.07. The molecule has 0 bridgehead atoms. The minimum Gasteiger partial charge on any atom is -0.496 e. The second-order valence-corrected chi connectivity index (χ2v) is 5.22. The molecule has 106 valence electrons. The largest absolute Gasteiger partial charge is 0.496 e. The number of hydrogen-bond donors (Lipinski definition) is 2. The molecule has 1 unspecified atom stereocenters. The summed E-state index contributed by atoms with van der Waals surface area (Å²) in [7, 11) is 1.64. The highest BCUT2D eigenvalue weighted by Crippen LogP contribution is 2.25. The van der Waals surface area contributed by atoms with Gasteiger partial charge in [-0.1, -0.05) is 13.0 Å². The van der Waals surface area contributed by atoms with Crippen LogP contribution in [-0.2, 0) is 11.3 Å². The van der Waals surface area contributed by atoms with E-state index < -0.39 is 0 Å². The van der Waals surface area contributed by atoms with Gasteiger partial charge in [0.25, 0.3) is 0 Å². The summed E-state index contributed by atoms with van der Waals surface area (Å²) < 4.78 is 6.09. The Morgan fingerprint density at radius 2 is 2.21 bits per heavy atom. The van der Waals surface area contributed by atoms with E-state index in [0.29, 0.717) is 6.54 Å². The van der Waals surface area contributed by atoms with Crippen LogP contribution in [0.4, 0.5) is 0 Å². The first-order valence-corrected chi connectivity index (χ1v) is 7.21. The fourth-order valence-electron chi connectivity index (χ4n) is 1.58. The molecule has 1 amide bonds. The summed E-state index contributed by atoms with van der Waals surface area (Å²) in [6.45, 7) is 5.26. The van der Waals surface area contributed by atoms with Crippen LogP contribution in [0.2, 0.25) is 0 Å². The Labute approximate surface area is 123 Å². The van der Waals surface area contributed by atoms with Gasteiger partial charge in [0.1, 0.15) is 5.75 Å². The zero-order valence-corrected chi connectivity index (χ0v) is 13.2. The van der Waals surface area contributed by atoms with Crippen molar-refractivity contribution in [3.05, 3.63) is 28.2 Å². The highest BCUT2D eigenvalue weighted by molar-refractivity contribution is 9.10. The second-order valence-electron chi connectivity index (χ2n) is 4.36. The molecule has 0 saturated heterocycles. The molecule has 0 heterocycles. The van der Waals surface area contributed by atoms with Crippen LogP contribution in [0.15, 0.2) is 22.7 Å². The smallest absolute Gasteiger partial charge is 0.236 e. The molecule has 0 spiro atoms. The SMILES string of the molecule is CCCNC(=O)C(C)NCc1ccc(OC)c(Br)c1. The number of amides is 1. The summed E-state index contributed by atoms with van der Waals surface area (Å²) in [4.78, 5) is 11.7. The summed E-state index contributed by atoms with van der Waals surface area (Å²) >= 11 is 3.45. The van der Waals surface area contributed by atoms with Crippen LogP contribution < -0.4 is 15.4 Å². The predicted molar refractivity (Wildman–Crippen MR) is 80.3 cm³/mol. The van der Waals surface area contributed by atoms with Crippen molar-refractivity contribution >= 4 is 21.8 Å². The maximum absolute atomic E-state index is 11.7. The molecule has 1 aromatic carbocycles. The van der Waals surface area contributed by atoms with Crippen LogP contribution >= 0.6 is 15.9 Å². The van der Waals surface area contributed by atoms with Crippen molar-refractivity contribution in [1.29, 1.82) is 0 Å². The van der Waals surface area contributed by atoms with E-state index >= 15 is 0 Å². The lowest BCUT2D eigenvalue weighted by Gasteiger charge is -2.14. The number of benzene rings is 1. The number of halogens is 1. The lowest BCUT2D eigenvalue weighted by atomic mass is 10.2. The van der Waals surface area contributed by atoms with Crippen molar-refractivity contribution in [1.82, 2.24) is 10.6 Å². The third-order valence-corrected chi connectivity index (χ3v) is 3.39. The van der Waals surface area contributed by atoms with Gasteiger partial charge in [0.2, 0.25) is 5.91 Å². The van der Waals surface area contributed by atoms with Gasteiger partial charge in [-0.05, 0) is 47.0 Å². The Morgan fingerprint density at radius 3 is 2.79 bits per heavy atom. The molecule has 1 rings (SSSR count). The molecule has 0 aromatic heterocycles. The Kier molecular flexibility index (Phi) is 6.87. The average molecular weight is 329 g/mol. The summed E-state index contributed by atoms with van der Waals surface area (Å²) in [6, 6.07) is 5.67. The first-order valence-electron chi connectivity index (χ1n) is 6.42. The first-order chi connectivity index (χ1) is 9.08. The van der Waals surface area contributed by atoms with Crippen molar-refractivity contribution in [2.75, 3.05) is 13.7 Å². The Morgan fingerprint density at radius 1 is 1.47 bits per heavy atom. The van der Waals surface area contributed by atoms with Gasteiger partial charge in [0.05, 0.1) is 17.6 Å². The van der Waals surface area contributed by atoms with Crippen molar-refractivity contribution in [2.45, 2.75) is 32.9 Å². The number of hydrogen-bond acceptors (Lipinski definition) is 3. The predicted octanol–water partition coefficient (Wildman–Crippen LogP) is 2.46. The van der Waals surface area contributed by atoms with E-state index in [1.807, 2.05) is 32.0 Å². The van der Waals surface area contributed by atoms with E-state index in [0.717, 1.165) is 28.8 Å². The fraction of sp³-hybridized carbons (Fsp3) is 0.500. The number of nitrogens with one attached hydrogen (secondary N) is 2. The van der Waals surface area contributed by atoms with E-state index in [1.165, 1.54) is 0 Å². The van der Waals surface area contributed by atoms with Gasteiger partial charge in [-0.15, -0.1) is 0 Å². The van der Waals surface area contributed by atoms with Crippen LogP contribution in [0.1, 0.15) is 25.8 Å². The zero-order chi connectivity index (χ0) is 14.3. The van der Waals surface area contributed by atoms with Gasteiger partial charge in [-0.25, -0.2) is 0 Å². The minimum atomic E-state index is -0.201. The Bertz CT molecular complexity index is 424. The van der Waals surface area contributed by atoms with Crippen molar-refractivity contribution in [3.63, 3.8) is 0 Å². The zero-order valence-electron chi connectivity index (χ0n) is 11.6. The fourth-order valence-corrected chi connectivity index (χ4v) is 2.17. The van der Waals surface area contributed by atoms with Gasteiger partial charge in [-0.2, -0.15) is 0 Å². The molecule has 1 aromatic rings. The molecule has 0 saturated carbocycles. The first kappa shape index (κ1) is 16.0. The summed E-state index contributed by atoms with van der Waals surface area (Å²) in [6.07, 6.45) is 0.948. The van der Waals surface area contributed by atoms with Crippen molar-refractivity contribution in [3.8, 4) is 5.75 Å². The molecule has 4 nitrogen and oxygen atoms in total. The average Bonchev–Trinajstić information content (AvgIpc) is 2.42. The third-order valence-electron chi connectivity index (χ3n) is 2.77. The number of carbonyl (C=O) groups excluding carboxylic acids is 1.